The van der Waals surface area contributed by atoms with Crippen LogP contribution >= 0.6 is 0 Å². The average Bonchev–Trinajstić information content (AvgIpc) is 2.84. The third-order valence-electron chi connectivity index (χ3n) is 4.54. The maximum atomic E-state index is 12.4. The lowest BCUT2D eigenvalue weighted by molar-refractivity contribution is 0.664. The summed E-state index contributed by atoms with van der Waals surface area (Å²) < 4.78 is 1.61. The molecule has 0 unspecified atom stereocenters. The van der Waals surface area contributed by atoms with Crippen LogP contribution in [0.2, 0.25) is 0 Å². The SMILES string of the molecule is Cc1ccc2nc(CN3c4ccccc4C[C@H]3C)cc(=O)n2c1. The van der Waals surface area contributed by atoms with Gasteiger partial charge < -0.3 is 4.90 Å². The summed E-state index contributed by atoms with van der Waals surface area (Å²) in [5, 5.41) is 0. The fourth-order valence-electron chi connectivity index (χ4n) is 3.38. The summed E-state index contributed by atoms with van der Waals surface area (Å²) in [4.78, 5) is 19.4. The monoisotopic (exact) mass is 305 g/mol. The van der Waals surface area contributed by atoms with Gasteiger partial charge in [-0.2, -0.15) is 0 Å². The van der Waals surface area contributed by atoms with Crippen molar-refractivity contribution in [3.8, 4) is 0 Å². The summed E-state index contributed by atoms with van der Waals surface area (Å²) in [6.45, 7) is 4.86. The van der Waals surface area contributed by atoms with Gasteiger partial charge in [0.15, 0.2) is 0 Å². The first kappa shape index (κ1) is 14.0. The Hall–Kier alpha value is -2.62. The van der Waals surface area contributed by atoms with Crippen LogP contribution in [0.15, 0.2) is 53.5 Å². The number of aryl methyl sites for hydroxylation is 1. The predicted molar refractivity (Wildman–Crippen MR) is 92.0 cm³/mol. The Labute approximate surface area is 135 Å². The first-order valence-electron chi connectivity index (χ1n) is 7.95. The number of fused-ring (bicyclic) bond motifs is 2. The van der Waals surface area contributed by atoms with Crippen molar-refractivity contribution in [1.29, 1.82) is 0 Å². The molecule has 4 heteroatoms. The number of hydrogen-bond donors (Lipinski definition) is 0. The number of hydrogen-bond acceptors (Lipinski definition) is 3. The van der Waals surface area contributed by atoms with Crippen LogP contribution in [0.1, 0.15) is 23.7 Å². The molecule has 0 radical (unpaired) electrons. The Morgan fingerprint density at radius 2 is 2.04 bits per heavy atom. The number of para-hydroxylation sites is 1. The summed E-state index contributed by atoms with van der Waals surface area (Å²) in [6, 6.07) is 14.4. The van der Waals surface area contributed by atoms with E-state index in [0.29, 0.717) is 18.2 Å². The molecule has 116 valence electrons. The van der Waals surface area contributed by atoms with Gasteiger partial charge in [0.2, 0.25) is 0 Å². The minimum absolute atomic E-state index is 0.0196. The molecule has 0 aliphatic carbocycles. The van der Waals surface area contributed by atoms with E-state index in [9.17, 15) is 4.79 Å². The number of nitrogens with zero attached hydrogens (tertiary/aromatic N) is 3. The Morgan fingerprint density at radius 3 is 2.91 bits per heavy atom. The molecule has 0 fully saturated rings. The highest BCUT2D eigenvalue weighted by Gasteiger charge is 2.25. The van der Waals surface area contributed by atoms with Gasteiger partial charge in [0.1, 0.15) is 5.65 Å². The zero-order valence-corrected chi connectivity index (χ0v) is 13.4. The molecule has 1 aliphatic heterocycles. The van der Waals surface area contributed by atoms with Gasteiger partial charge in [0, 0.05) is 24.0 Å². The number of anilines is 1. The lowest BCUT2D eigenvalue weighted by atomic mass is 10.1. The molecule has 4 rings (SSSR count). The molecule has 0 saturated carbocycles. The first-order chi connectivity index (χ1) is 11.1. The zero-order chi connectivity index (χ0) is 16.0. The van der Waals surface area contributed by atoms with Gasteiger partial charge in [-0.05, 0) is 43.5 Å². The van der Waals surface area contributed by atoms with Crippen LogP contribution in [-0.4, -0.2) is 15.4 Å². The van der Waals surface area contributed by atoms with Crippen LogP contribution in [0.5, 0.6) is 0 Å². The molecule has 23 heavy (non-hydrogen) atoms. The topological polar surface area (TPSA) is 37.6 Å². The number of benzene rings is 1. The third-order valence-corrected chi connectivity index (χ3v) is 4.54. The minimum Gasteiger partial charge on any atom is -0.362 e. The number of aromatic nitrogens is 2. The summed E-state index contributed by atoms with van der Waals surface area (Å²) >= 11 is 0. The average molecular weight is 305 g/mol. The van der Waals surface area contributed by atoms with Crippen molar-refractivity contribution < 1.29 is 0 Å². The number of rotatable bonds is 2. The molecule has 1 aromatic carbocycles. The summed E-state index contributed by atoms with van der Waals surface area (Å²) in [5.41, 5.74) is 5.18. The van der Waals surface area contributed by atoms with Crippen molar-refractivity contribution in [1.82, 2.24) is 9.38 Å². The second-order valence-corrected chi connectivity index (χ2v) is 6.33. The maximum absolute atomic E-state index is 12.4. The van der Waals surface area contributed by atoms with Gasteiger partial charge in [-0.1, -0.05) is 24.3 Å². The molecule has 3 aromatic rings. The Bertz CT molecular complexity index is 945. The summed E-state index contributed by atoms with van der Waals surface area (Å²) in [6.07, 6.45) is 2.88. The summed E-state index contributed by atoms with van der Waals surface area (Å²) in [5.74, 6) is 0. The largest absolute Gasteiger partial charge is 0.362 e. The minimum atomic E-state index is -0.0196. The van der Waals surface area contributed by atoms with Gasteiger partial charge in [0.05, 0.1) is 12.2 Å². The molecule has 3 heterocycles. The first-order valence-corrected chi connectivity index (χ1v) is 7.95. The van der Waals surface area contributed by atoms with Crippen LogP contribution in [0.3, 0.4) is 0 Å². The van der Waals surface area contributed by atoms with E-state index in [1.54, 1.807) is 10.5 Å². The predicted octanol–water partition coefficient (Wildman–Crippen LogP) is 2.95. The van der Waals surface area contributed by atoms with Gasteiger partial charge in [-0.25, -0.2) is 4.98 Å². The molecule has 0 spiro atoms. The van der Waals surface area contributed by atoms with E-state index in [1.807, 2.05) is 25.3 Å². The highest BCUT2D eigenvalue weighted by Crippen LogP contribution is 2.32. The molecule has 4 nitrogen and oxygen atoms in total. The lowest BCUT2D eigenvalue weighted by Gasteiger charge is -2.24. The van der Waals surface area contributed by atoms with E-state index >= 15 is 0 Å². The van der Waals surface area contributed by atoms with Crippen LogP contribution in [-0.2, 0) is 13.0 Å². The molecule has 0 N–H and O–H groups in total. The van der Waals surface area contributed by atoms with E-state index in [-0.39, 0.29) is 5.56 Å². The van der Waals surface area contributed by atoms with Crippen molar-refractivity contribution >= 4 is 11.3 Å². The van der Waals surface area contributed by atoms with Crippen molar-refractivity contribution in [2.24, 2.45) is 0 Å². The van der Waals surface area contributed by atoms with Crippen molar-refractivity contribution in [2.45, 2.75) is 32.9 Å². The van der Waals surface area contributed by atoms with Crippen LogP contribution in [0.4, 0.5) is 5.69 Å². The second-order valence-electron chi connectivity index (χ2n) is 6.33. The Balaban J connectivity index is 1.74. The highest BCUT2D eigenvalue weighted by molar-refractivity contribution is 5.59. The van der Waals surface area contributed by atoms with Crippen molar-refractivity contribution in [3.63, 3.8) is 0 Å². The normalized spacial score (nSPS) is 16.8. The third kappa shape index (κ3) is 2.40. The molecule has 2 aromatic heterocycles. The molecule has 1 atom stereocenters. The lowest BCUT2D eigenvalue weighted by Crippen LogP contribution is -2.30. The van der Waals surface area contributed by atoms with E-state index < -0.39 is 0 Å². The molecular formula is C19H19N3O. The van der Waals surface area contributed by atoms with E-state index in [1.165, 1.54) is 11.3 Å². The molecular weight excluding hydrogens is 286 g/mol. The van der Waals surface area contributed by atoms with E-state index in [2.05, 4.69) is 41.1 Å². The molecule has 1 aliphatic rings. The van der Waals surface area contributed by atoms with Crippen LogP contribution in [0.25, 0.3) is 5.65 Å². The smallest absolute Gasteiger partial charge is 0.258 e. The molecule has 0 saturated heterocycles. The summed E-state index contributed by atoms with van der Waals surface area (Å²) in [7, 11) is 0. The molecule has 0 bridgehead atoms. The van der Waals surface area contributed by atoms with Crippen molar-refractivity contribution in [2.75, 3.05) is 4.90 Å². The quantitative estimate of drug-likeness (QED) is 0.730. The van der Waals surface area contributed by atoms with Gasteiger partial charge in [-0.3, -0.25) is 9.20 Å². The van der Waals surface area contributed by atoms with Gasteiger partial charge in [-0.15, -0.1) is 0 Å². The zero-order valence-electron chi connectivity index (χ0n) is 13.4. The second kappa shape index (κ2) is 5.23. The Kier molecular flexibility index (Phi) is 3.18. The van der Waals surface area contributed by atoms with Gasteiger partial charge in [0.25, 0.3) is 5.56 Å². The van der Waals surface area contributed by atoms with E-state index in [0.717, 1.165) is 17.7 Å². The number of pyridine rings is 1. The van der Waals surface area contributed by atoms with E-state index in [4.69, 9.17) is 0 Å². The molecule has 0 amide bonds. The van der Waals surface area contributed by atoms with Crippen LogP contribution in [0, 0.1) is 6.92 Å². The van der Waals surface area contributed by atoms with Gasteiger partial charge >= 0.3 is 0 Å². The highest BCUT2D eigenvalue weighted by atomic mass is 16.1. The van der Waals surface area contributed by atoms with Crippen LogP contribution < -0.4 is 10.5 Å². The maximum Gasteiger partial charge on any atom is 0.258 e. The standard InChI is InChI=1S/C19H19N3O/c1-13-7-8-18-20-16(10-19(23)22(18)11-13)12-21-14(2)9-15-5-3-4-6-17(15)21/h3-8,10-11,14H,9,12H2,1-2H3/t14-/m1/s1. The van der Waals surface area contributed by atoms with Crippen molar-refractivity contribution in [3.05, 3.63) is 75.8 Å². The fraction of sp³-hybridized carbons (Fsp3) is 0.263. The Morgan fingerprint density at radius 1 is 1.22 bits per heavy atom. The fourth-order valence-corrected chi connectivity index (χ4v) is 3.38.